The Kier molecular flexibility index (Phi) is 6.50. The highest BCUT2D eigenvalue weighted by Crippen LogP contribution is 2.36. The molecule has 2 amide bonds. The van der Waals surface area contributed by atoms with Crippen LogP contribution in [-0.2, 0) is 16.0 Å². The molecule has 2 aromatic rings. The molecule has 1 aromatic carbocycles. The van der Waals surface area contributed by atoms with Gasteiger partial charge in [-0.05, 0) is 58.1 Å². The van der Waals surface area contributed by atoms with Crippen molar-refractivity contribution in [3.63, 3.8) is 0 Å². The Bertz CT molecular complexity index is 866. The van der Waals surface area contributed by atoms with Gasteiger partial charge in [0.05, 0.1) is 6.04 Å². The lowest BCUT2D eigenvalue weighted by Gasteiger charge is -2.35. The molecule has 1 aliphatic rings. The number of hydrogen-bond donors (Lipinski definition) is 2. The number of nitrogens with zero attached hydrogens (tertiary/aromatic N) is 1. The van der Waals surface area contributed by atoms with Crippen molar-refractivity contribution in [2.75, 3.05) is 13.1 Å². The van der Waals surface area contributed by atoms with Crippen LogP contribution in [0.5, 0.6) is 0 Å². The van der Waals surface area contributed by atoms with Crippen LogP contribution in [0.3, 0.4) is 0 Å². The van der Waals surface area contributed by atoms with Crippen molar-refractivity contribution < 1.29 is 14.3 Å². The van der Waals surface area contributed by atoms with Gasteiger partial charge in [-0.1, -0.05) is 25.1 Å². The Labute approximate surface area is 173 Å². The van der Waals surface area contributed by atoms with Crippen LogP contribution in [0.25, 0.3) is 10.9 Å². The molecule has 3 rings (SSSR count). The Balaban J connectivity index is 1.52. The molecule has 29 heavy (non-hydrogen) atoms. The molecular weight excluding hydrogens is 366 g/mol. The van der Waals surface area contributed by atoms with Crippen LogP contribution in [0, 0.1) is 0 Å². The number of nitrogens with one attached hydrogen (secondary N) is 2. The SMILES string of the molecule is CCC1c2[nH]c3ccccc3c2CCN1C(=O)CCCCNC(=O)OC(C)(C)C. The maximum Gasteiger partial charge on any atom is 0.407 e. The fourth-order valence-electron chi connectivity index (χ4n) is 4.09. The number of H-pyrrole nitrogens is 1. The summed E-state index contributed by atoms with van der Waals surface area (Å²) >= 11 is 0. The number of unbranched alkanes of at least 4 members (excludes halogenated alkanes) is 1. The number of amides is 2. The highest BCUT2D eigenvalue weighted by molar-refractivity contribution is 5.86. The van der Waals surface area contributed by atoms with Crippen molar-refractivity contribution in [3.05, 3.63) is 35.5 Å². The normalized spacial score (nSPS) is 16.6. The van der Waals surface area contributed by atoms with E-state index in [0.717, 1.165) is 37.7 Å². The van der Waals surface area contributed by atoms with E-state index in [2.05, 4.69) is 35.4 Å². The van der Waals surface area contributed by atoms with E-state index in [0.29, 0.717) is 13.0 Å². The second-order valence-corrected chi connectivity index (χ2v) is 8.71. The van der Waals surface area contributed by atoms with Crippen LogP contribution in [0.2, 0.25) is 0 Å². The first-order chi connectivity index (χ1) is 13.8. The molecule has 0 aliphatic carbocycles. The Hall–Kier alpha value is -2.50. The molecule has 1 aliphatic heterocycles. The van der Waals surface area contributed by atoms with Crippen LogP contribution < -0.4 is 5.32 Å². The number of aromatic nitrogens is 1. The third kappa shape index (κ3) is 5.11. The number of para-hydroxylation sites is 1. The summed E-state index contributed by atoms with van der Waals surface area (Å²) in [6.07, 6.45) is 3.39. The highest BCUT2D eigenvalue weighted by atomic mass is 16.6. The zero-order chi connectivity index (χ0) is 21.0. The Morgan fingerprint density at radius 3 is 2.72 bits per heavy atom. The smallest absolute Gasteiger partial charge is 0.407 e. The molecular formula is C23H33N3O3. The van der Waals surface area contributed by atoms with Crippen LogP contribution in [-0.4, -0.2) is 40.6 Å². The first kappa shape index (κ1) is 21.2. The average molecular weight is 400 g/mol. The number of carbonyl (C=O) groups excluding carboxylic acids is 2. The van der Waals surface area contributed by atoms with Crippen LogP contribution >= 0.6 is 0 Å². The maximum absolute atomic E-state index is 12.9. The lowest BCUT2D eigenvalue weighted by molar-refractivity contribution is -0.134. The van der Waals surface area contributed by atoms with E-state index < -0.39 is 11.7 Å². The van der Waals surface area contributed by atoms with Gasteiger partial charge in [0.15, 0.2) is 0 Å². The second kappa shape index (κ2) is 8.89. The summed E-state index contributed by atoms with van der Waals surface area (Å²) in [7, 11) is 0. The molecule has 0 bridgehead atoms. The van der Waals surface area contributed by atoms with Gasteiger partial charge in [0.2, 0.25) is 5.91 Å². The summed E-state index contributed by atoms with van der Waals surface area (Å²) in [6, 6.07) is 8.48. The third-order valence-corrected chi connectivity index (χ3v) is 5.35. The summed E-state index contributed by atoms with van der Waals surface area (Å²) in [6.45, 7) is 8.94. The minimum Gasteiger partial charge on any atom is -0.444 e. The van der Waals surface area contributed by atoms with Gasteiger partial charge >= 0.3 is 6.09 Å². The summed E-state index contributed by atoms with van der Waals surface area (Å²) in [5.41, 5.74) is 3.21. The largest absolute Gasteiger partial charge is 0.444 e. The number of hydrogen-bond acceptors (Lipinski definition) is 3. The van der Waals surface area contributed by atoms with Crippen molar-refractivity contribution in [1.82, 2.24) is 15.2 Å². The number of carbonyl (C=O) groups is 2. The van der Waals surface area contributed by atoms with E-state index in [-0.39, 0.29) is 11.9 Å². The van der Waals surface area contributed by atoms with E-state index >= 15 is 0 Å². The molecule has 0 spiro atoms. The van der Waals surface area contributed by atoms with E-state index in [1.807, 2.05) is 31.7 Å². The van der Waals surface area contributed by atoms with Gasteiger partial charge < -0.3 is 19.9 Å². The Morgan fingerprint density at radius 2 is 2.00 bits per heavy atom. The maximum atomic E-state index is 12.9. The van der Waals surface area contributed by atoms with Gasteiger partial charge in [-0.2, -0.15) is 0 Å². The summed E-state index contributed by atoms with van der Waals surface area (Å²) in [5.74, 6) is 0.193. The van der Waals surface area contributed by atoms with Crippen LogP contribution in [0.1, 0.15) is 70.7 Å². The molecule has 0 fully saturated rings. The molecule has 2 heterocycles. The van der Waals surface area contributed by atoms with Gasteiger partial charge in [-0.3, -0.25) is 4.79 Å². The van der Waals surface area contributed by atoms with Crippen molar-refractivity contribution >= 4 is 22.9 Å². The predicted molar refractivity (Wildman–Crippen MR) is 115 cm³/mol. The third-order valence-electron chi connectivity index (χ3n) is 5.35. The van der Waals surface area contributed by atoms with Crippen LogP contribution in [0.15, 0.2) is 24.3 Å². The molecule has 6 heteroatoms. The highest BCUT2D eigenvalue weighted by Gasteiger charge is 2.31. The second-order valence-electron chi connectivity index (χ2n) is 8.71. The number of rotatable bonds is 6. The molecule has 158 valence electrons. The fourth-order valence-corrected chi connectivity index (χ4v) is 4.09. The molecule has 0 saturated carbocycles. The molecule has 2 N–H and O–H groups in total. The van der Waals surface area contributed by atoms with Gasteiger partial charge in [0.25, 0.3) is 0 Å². The first-order valence-corrected chi connectivity index (χ1v) is 10.7. The van der Waals surface area contributed by atoms with Crippen molar-refractivity contribution in [1.29, 1.82) is 0 Å². The molecule has 6 nitrogen and oxygen atoms in total. The van der Waals surface area contributed by atoms with Crippen molar-refractivity contribution in [2.24, 2.45) is 0 Å². The number of benzene rings is 1. The number of aromatic amines is 1. The molecule has 1 unspecified atom stereocenters. The summed E-state index contributed by atoms with van der Waals surface area (Å²) < 4.78 is 5.22. The van der Waals surface area contributed by atoms with Crippen molar-refractivity contribution in [2.45, 2.75) is 71.4 Å². The fraction of sp³-hybridized carbons (Fsp3) is 0.565. The summed E-state index contributed by atoms with van der Waals surface area (Å²) in [5, 5.41) is 4.03. The van der Waals surface area contributed by atoms with E-state index in [1.54, 1.807) is 0 Å². The van der Waals surface area contributed by atoms with Gasteiger partial charge in [0, 0.05) is 36.1 Å². The molecule has 0 radical (unpaired) electrons. The predicted octanol–water partition coefficient (Wildman–Crippen LogP) is 4.70. The van der Waals surface area contributed by atoms with Gasteiger partial charge in [-0.15, -0.1) is 0 Å². The van der Waals surface area contributed by atoms with Gasteiger partial charge in [-0.25, -0.2) is 4.79 Å². The van der Waals surface area contributed by atoms with E-state index in [4.69, 9.17) is 4.74 Å². The van der Waals surface area contributed by atoms with Gasteiger partial charge in [0.1, 0.15) is 5.60 Å². The molecule has 0 saturated heterocycles. The number of ether oxygens (including phenoxy) is 1. The van der Waals surface area contributed by atoms with Crippen LogP contribution in [0.4, 0.5) is 4.79 Å². The van der Waals surface area contributed by atoms with Crippen molar-refractivity contribution in [3.8, 4) is 0 Å². The number of alkyl carbamates (subject to hydrolysis) is 1. The lowest BCUT2D eigenvalue weighted by atomic mass is 9.95. The quantitative estimate of drug-likeness (QED) is 0.692. The monoisotopic (exact) mass is 399 g/mol. The summed E-state index contributed by atoms with van der Waals surface area (Å²) in [4.78, 5) is 30.1. The average Bonchev–Trinajstić information content (AvgIpc) is 3.04. The zero-order valence-electron chi connectivity index (χ0n) is 18.0. The zero-order valence-corrected chi connectivity index (χ0v) is 18.0. The standard InChI is InChI=1S/C23H33N3O3/c1-5-19-21-17(16-10-6-7-11-18(16)25-21)13-15-26(19)20(27)12-8-9-14-24-22(28)29-23(2,3)4/h6-7,10-11,19,25H,5,8-9,12-15H2,1-4H3,(H,24,28). The molecule has 1 aromatic heterocycles. The minimum absolute atomic E-state index is 0.110. The topological polar surface area (TPSA) is 74.4 Å². The molecule has 1 atom stereocenters. The number of fused-ring (bicyclic) bond motifs is 3. The Morgan fingerprint density at radius 1 is 1.24 bits per heavy atom. The van der Waals surface area contributed by atoms with E-state index in [1.165, 1.54) is 16.6 Å². The minimum atomic E-state index is -0.495. The van der Waals surface area contributed by atoms with E-state index in [9.17, 15) is 9.59 Å². The first-order valence-electron chi connectivity index (χ1n) is 10.7. The lowest BCUT2D eigenvalue weighted by Crippen LogP contribution is -2.39.